The summed E-state index contributed by atoms with van der Waals surface area (Å²) in [6.07, 6.45) is 2.82. The molecule has 3 heteroatoms. The fourth-order valence-corrected chi connectivity index (χ4v) is 1.84. The highest BCUT2D eigenvalue weighted by atomic mass is 127. The lowest BCUT2D eigenvalue weighted by Gasteiger charge is -2.15. The number of halogens is 2. The average molecular weight is 322 g/mol. The number of hydrogen-bond acceptors (Lipinski definition) is 1. The van der Waals surface area contributed by atoms with Gasteiger partial charge in [-0.05, 0) is 53.8 Å². The maximum Gasteiger partial charge on any atom is 0.0542 e. The fraction of sp³-hybridized carbons (Fsp3) is 0.273. The number of rotatable bonds is 4. The van der Waals surface area contributed by atoms with E-state index < -0.39 is 0 Å². The molecule has 0 aliphatic rings. The molecule has 0 aromatic heterocycles. The Labute approximate surface area is 104 Å². The largest absolute Gasteiger partial charge is 0.313 e. The van der Waals surface area contributed by atoms with Gasteiger partial charge in [-0.25, -0.2) is 0 Å². The molecule has 1 N–H and O–H groups in total. The first-order valence-corrected chi connectivity index (χ1v) is 5.87. The van der Waals surface area contributed by atoms with E-state index in [0.717, 1.165) is 15.0 Å². The summed E-state index contributed by atoms with van der Waals surface area (Å²) in [5.74, 6) is 0. The molecule has 0 saturated carbocycles. The van der Waals surface area contributed by atoms with E-state index in [1.807, 2.05) is 25.3 Å². The van der Waals surface area contributed by atoms with Crippen LogP contribution in [0.25, 0.3) is 0 Å². The van der Waals surface area contributed by atoms with E-state index in [1.165, 1.54) is 5.56 Å². The predicted molar refractivity (Wildman–Crippen MR) is 70.8 cm³/mol. The summed E-state index contributed by atoms with van der Waals surface area (Å²) >= 11 is 8.28. The highest BCUT2D eigenvalue weighted by Gasteiger charge is 2.08. The number of benzene rings is 1. The van der Waals surface area contributed by atoms with Gasteiger partial charge in [0.05, 0.1) is 5.02 Å². The van der Waals surface area contributed by atoms with Crippen LogP contribution in [0.4, 0.5) is 0 Å². The normalized spacial score (nSPS) is 12.5. The molecule has 1 unspecified atom stereocenters. The van der Waals surface area contributed by atoms with Crippen LogP contribution in [0.3, 0.4) is 0 Å². The second kappa shape index (κ2) is 5.73. The lowest BCUT2D eigenvalue weighted by Crippen LogP contribution is -2.15. The summed E-state index contributed by atoms with van der Waals surface area (Å²) in [4.78, 5) is 0. The fourth-order valence-electron chi connectivity index (χ4n) is 1.32. The Balaban J connectivity index is 2.93. The van der Waals surface area contributed by atoms with Gasteiger partial charge < -0.3 is 5.32 Å². The molecule has 0 fully saturated rings. The first-order chi connectivity index (χ1) is 6.69. The number of nitrogens with one attached hydrogen (secondary N) is 1. The van der Waals surface area contributed by atoms with E-state index >= 15 is 0 Å². The summed E-state index contributed by atoms with van der Waals surface area (Å²) in [5.41, 5.74) is 1.21. The molecule has 76 valence electrons. The zero-order valence-electron chi connectivity index (χ0n) is 8.06. The van der Waals surface area contributed by atoms with Gasteiger partial charge in [0.15, 0.2) is 0 Å². The monoisotopic (exact) mass is 321 g/mol. The SMILES string of the molecule is C=CCC(NC)c1ccc(I)c(Cl)c1. The molecule has 1 nitrogen and oxygen atoms in total. The Bertz CT molecular complexity index is 325. The Morgan fingerprint density at radius 3 is 2.86 bits per heavy atom. The van der Waals surface area contributed by atoms with Gasteiger partial charge in [-0.3, -0.25) is 0 Å². The van der Waals surface area contributed by atoms with E-state index in [1.54, 1.807) is 0 Å². The summed E-state index contributed by atoms with van der Waals surface area (Å²) in [7, 11) is 1.94. The van der Waals surface area contributed by atoms with E-state index in [2.05, 4.69) is 40.6 Å². The second-order valence-corrected chi connectivity index (χ2v) is 4.61. The van der Waals surface area contributed by atoms with Crippen molar-refractivity contribution in [3.63, 3.8) is 0 Å². The maximum absolute atomic E-state index is 6.05. The van der Waals surface area contributed by atoms with Crippen LogP contribution in [0.5, 0.6) is 0 Å². The van der Waals surface area contributed by atoms with E-state index in [-0.39, 0.29) is 0 Å². The van der Waals surface area contributed by atoms with Crippen molar-refractivity contribution in [1.82, 2.24) is 5.32 Å². The van der Waals surface area contributed by atoms with Crippen molar-refractivity contribution < 1.29 is 0 Å². The highest BCUT2D eigenvalue weighted by molar-refractivity contribution is 14.1. The summed E-state index contributed by atoms with van der Waals surface area (Å²) in [6.45, 7) is 3.74. The average Bonchev–Trinajstić information content (AvgIpc) is 2.19. The maximum atomic E-state index is 6.05. The molecular formula is C11H13ClIN. The minimum atomic E-state index is 0.307. The van der Waals surface area contributed by atoms with Crippen LogP contribution in [-0.2, 0) is 0 Å². The molecule has 1 aromatic rings. The van der Waals surface area contributed by atoms with Gasteiger partial charge in [0.25, 0.3) is 0 Å². The van der Waals surface area contributed by atoms with Crippen molar-refractivity contribution in [2.75, 3.05) is 7.05 Å². The van der Waals surface area contributed by atoms with Crippen molar-refractivity contribution >= 4 is 34.2 Å². The van der Waals surface area contributed by atoms with E-state index in [9.17, 15) is 0 Å². The Hall–Kier alpha value is -0.0600. The lowest BCUT2D eigenvalue weighted by molar-refractivity contribution is 0.604. The van der Waals surface area contributed by atoms with Crippen LogP contribution in [0.2, 0.25) is 5.02 Å². The Morgan fingerprint density at radius 2 is 2.36 bits per heavy atom. The topological polar surface area (TPSA) is 12.0 Å². The molecule has 1 rings (SSSR count). The minimum absolute atomic E-state index is 0.307. The van der Waals surface area contributed by atoms with Crippen LogP contribution in [0.1, 0.15) is 18.0 Å². The van der Waals surface area contributed by atoms with Crippen LogP contribution >= 0.6 is 34.2 Å². The second-order valence-electron chi connectivity index (χ2n) is 3.04. The molecule has 0 aliphatic heterocycles. The van der Waals surface area contributed by atoms with Gasteiger partial charge in [0.2, 0.25) is 0 Å². The van der Waals surface area contributed by atoms with Crippen molar-refractivity contribution in [3.05, 3.63) is 45.0 Å². The summed E-state index contributed by atoms with van der Waals surface area (Å²) < 4.78 is 1.08. The summed E-state index contributed by atoms with van der Waals surface area (Å²) in [6, 6.07) is 6.44. The third-order valence-corrected chi connectivity index (χ3v) is 3.67. The minimum Gasteiger partial charge on any atom is -0.313 e. The number of hydrogen-bond donors (Lipinski definition) is 1. The first-order valence-electron chi connectivity index (χ1n) is 4.42. The Morgan fingerprint density at radius 1 is 1.64 bits per heavy atom. The van der Waals surface area contributed by atoms with Crippen molar-refractivity contribution in [3.8, 4) is 0 Å². The van der Waals surface area contributed by atoms with Gasteiger partial charge in [-0.1, -0.05) is 23.7 Å². The predicted octanol–water partition coefficient (Wildman–Crippen LogP) is 3.78. The van der Waals surface area contributed by atoms with Crippen LogP contribution in [0, 0.1) is 3.57 Å². The molecule has 1 atom stereocenters. The van der Waals surface area contributed by atoms with Gasteiger partial charge in [-0.15, -0.1) is 6.58 Å². The molecule has 0 heterocycles. The quantitative estimate of drug-likeness (QED) is 0.657. The van der Waals surface area contributed by atoms with Gasteiger partial charge >= 0.3 is 0 Å². The van der Waals surface area contributed by atoms with Crippen LogP contribution in [0.15, 0.2) is 30.9 Å². The lowest BCUT2D eigenvalue weighted by atomic mass is 10.0. The van der Waals surface area contributed by atoms with E-state index in [4.69, 9.17) is 11.6 Å². The molecule has 0 amide bonds. The van der Waals surface area contributed by atoms with Crippen LogP contribution in [-0.4, -0.2) is 7.05 Å². The third-order valence-electron chi connectivity index (χ3n) is 2.10. The van der Waals surface area contributed by atoms with Crippen LogP contribution < -0.4 is 5.32 Å². The first kappa shape index (κ1) is 12.0. The summed E-state index contributed by atoms with van der Waals surface area (Å²) in [5, 5.41) is 4.05. The van der Waals surface area contributed by atoms with E-state index in [0.29, 0.717) is 6.04 Å². The van der Waals surface area contributed by atoms with Crippen molar-refractivity contribution in [2.24, 2.45) is 0 Å². The smallest absolute Gasteiger partial charge is 0.0542 e. The molecule has 14 heavy (non-hydrogen) atoms. The Kier molecular flexibility index (Phi) is 4.92. The van der Waals surface area contributed by atoms with Crippen molar-refractivity contribution in [2.45, 2.75) is 12.5 Å². The van der Waals surface area contributed by atoms with Gasteiger partial charge in [-0.2, -0.15) is 0 Å². The molecule has 0 aliphatic carbocycles. The zero-order valence-corrected chi connectivity index (χ0v) is 11.0. The molecule has 0 bridgehead atoms. The molecule has 1 aromatic carbocycles. The molecule has 0 radical (unpaired) electrons. The van der Waals surface area contributed by atoms with Gasteiger partial charge in [0.1, 0.15) is 0 Å². The third kappa shape index (κ3) is 2.97. The molecular weight excluding hydrogens is 308 g/mol. The molecule has 0 saturated heterocycles. The standard InChI is InChI=1S/C11H13ClIN/c1-3-4-11(14-2)8-5-6-10(13)9(12)7-8/h3,5-7,11,14H,1,4H2,2H3. The zero-order chi connectivity index (χ0) is 10.6. The highest BCUT2D eigenvalue weighted by Crippen LogP contribution is 2.24. The molecule has 0 spiro atoms. The van der Waals surface area contributed by atoms with Crippen molar-refractivity contribution in [1.29, 1.82) is 0 Å². The van der Waals surface area contributed by atoms with Gasteiger partial charge in [0, 0.05) is 9.61 Å².